The van der Waals surface area contributed by atoms with Crippen LogP contribution in [0, 0.1) is 0 Å². The standard InChI is InChI=1S/C18H24N6O4/c1-12(25)16(17(26)22-28)21-18(27)24-8-6-23(7-9-24)15-4-2-13(3-5-15)14-10-19-20-11-14/h2-5,10-12,16,25,28H,6-9H2,1H3,(H,19,20)(H,21,27)(H,22,26)/t12-,16+/m1/s1. The molecule has 5 N–H and O–H groups in total. The van der Waals surface area contributed by atoms with Gasteiger partial charge >= 0.3 is 6.03 Å². The molecule has 0 saturated carbocycles. The molecule has 3 rings (SSSR count). The van der Waals surface area contributed by atoms with E-state index >= 15 is 0 Å². The lowest BCUT2D eigenvalue weighted by molar-refractivity contribution is -0.133. The number of H-pyrrole nitrogens is 1. The molecule has 2 heterocycles. The first kappa shape index (κ1) is 19.6. The highest BCUT2D eigenvalue weighted by atomic mass is 16.5. The predicted octanol–water partition coefficient (Wildman–Crippen LogP) is 0.163. The highest BCUT2D eigenvalue weighted by Gasteiger charge is 2.29. The Morgan fingerprint density at radius 3 is 2.36 bits per heavy atom. The zero-order valence-electron chi connectivity index (χ0n) is 15.5. The molecule has 1 aromatic heterocycles. The molecule has 1 aliphatic rings. The molecule has 1 fully saturated rings. The number of hydroxylamine groups is 1. The number of aliphatic hydroxyl groups is 1. The average molecular weight is 388 g/mol. The van der Waals surface area contributed by atoms with Gasteiger partial charge in [0.1, 0.15) is 6.04 Å². The molecule has 10 heteroatoms. The molecule has 1 aromatic carbocycles. The molecular formula is C18H24N6O4. The van der Waals surface area contributed by atoms with Gasteiger partial charge in [-0.25, -0.2) is 10.3 Å². The molecule has 0 radical (unpaired) electrons. The summed E-state index contributed by atoms with van der Waals surface area (Å²) >= 11 is 0. The third-order valence-electron chi connectivity index (χ3n) is 4.78. The number of benzene rings is 1. The minimum atomic E-state index is -1.22. The van der Waals surface area contributed by atoms with Gasteiger partial charge in [-0.15, -0.1) is 0 Å². The number of carbonyl (C=O) groups is 2. The van der Waals surface area contributed by atoms with Crippen molar-refractivity contribution in [1.82, 2.24) is 25.9 Å². The van der Waals surface area contributed by atoms with Gasteiger partial charge in [-0.2, -0.15) is 5.10 Å². The molecule has 2 aromatic rings. The number of piperazine rings is 1. The summed E-state index contributed by atoms with van der Waals surface area (Å²) in [4.78, 5) is 27.7. The van der Waals surface area contributed by atoms with Gasteiger partial charge in [0.25, 0.3) is 5.91 Å². The van der Waals surface area contributed by atoms with Crippen LogP contribution in [0.3, 0.4) is 0 Å². The van der Waals surface area contributed by atoms with E-state index in [0.717, 1.165) is 16.8 Å². The third kappa shape index (κ3) is 4.41. The monoisotopic (exact) mass is 388 g/mol. The second-order valence-electron chi connectivity index (χ2n) is 6.65. The van der Waals surface area contributed by atoms with Crippen LogP contribution in [0.15, 0.2) is 36.7 Å². The Kier molecular flexibility index (Phi) is 6.12. The minimum Gasteiger partial charge on any atom is -0.391 e. The lowest BCUT2D eigenvalue weighted by Crippen LogP contribution is -2.58. The van der Waals surface area contributed by atoms with Crippen molar-refractivity contribution in [1.29, 1.82) is 0 Å². The van der Waals surface area contributed by atoms with Gasteiger partial charge in [0.15, 0.2) is 0 Å². The third-order valence-corrected chi connectivity index (χ3v) is 4.78. The minimum absolute atomic E-state index is 0.454. The fourth-order valence-corrected chi connectivity index (χ4v) is 3.14. The molecule has 0 aliphatic carbocycles. The van der Waals surface area contributed by atoms with E-state index in [9.17, 15) is 14.7 Å². The second-order valence-corrected chi connectivity index (χ2v) is 6.65. The van der Waals surface area contributed by atoms with E-state index in [4.69, 9.17) is 5.21 Å². The van der Waals surface area contributed by atoms with Crippen LogP contribution < -0.4 is 15.7 Å². The van der Waals surface area contributed by atoms with Crippen molar-refractivity contribution in [2.45, 2.75) is 19.1 Å². The average Bonchev–Trinajstić information content (AvgIpc) is 3.26. The van der Waals surface area contributed by atoms with Crippen LogP contribution in [0.2, 0.25) is 0 Å². The Hall–Kier alpha value is -3.11. The molecule has 1 aliphatic heterocycles. The number of aromatic nitrogens is 2. The van der Waals surface area contributed by atoms with E-state index in [0.29, 0.717) is 26.2 Å². The Balaban J connectivity index is 1.55. The number of nitrogens with zero attached hydrogens (tertiary/aromatic N) is 3. The first-order valence-electron chi connectivity index (χ1n) is 9.01. The number of rotatable bonds is 5. The molecule has 28 heavy (non-hydrogen) atoms. The normalized spacial score (nSPS) is 16.4. The van der Waals surface area contributed by atoms with Gasteiger partial charge in [-0.3, -0.25) is 15.1 Å². The van der Waals surface area contributed by atoms with Crippen LogP contribution in [-0.4, -0.2) is 75.7 Å². The molecule has 3 amide bonds. The predicted molar refractivity (Wildman–Crippen MR) is 102 cm³/mol. The summed E-state index contributed by atoms with van der Waals surface area (Å²) in [6.45, 7) is 3.60. The van der Waals surface area contributed by atoms with Gasteiger partial charge in [-0.05, 0) is 24.6 Å². The quantitative estimate of drug-likeness (QED) is 0.366. The molecule has 0 bridgehead atoms. The number of amides is 3. The molecular weight excluding hydrogens is 364 g/mol. The summed E-state index contributed by atoms with van der Waals surface area (Å²) in [6, 6.07) is 6.45. The van der Waals surface area contributed by atoms with Crippen LogP contribution in [-0.2, 0) is 4.79 Å². The van der Waals surface area contributed by atoms with Crippen LogP contribution in [0.1, 0.15) is 6.92 Å². The van der Waals surface area contributed by atoms with E-state index in [1.807, 2.05) is 30.5 Å². The molecule has 1 saturated heterocycles. The van der Waals surface area contributed by atoms with Crippen LogP contribution >= 0.6 is 0 Å². The zero-order chi connectivity index (χ0) is 20.1. The van der Waals surface area contributed by atoms with E-state index in [2.05, 4.69) is 20.4 Å². The number of anilines is 1. The van der Waals surface area contributed by atoms with Crippen molar-refractivity contribution >= 4 is 17.6 Å². The topological polar surface area (TPSA) is 134 Å². The number of hydrogen-bond acceptors (Lipinski definition) is 6. The Labute approximate surface area is 162 Å². The smallest absolute Gasteiger partial charge is 0.318 e. The molecule has 150 valence electrons. The number of carbonyl (C=O) groups excluding carboxylic acids is 2. The fraction of sp³-hybridized carbons (Fsp3) is 0.389. The fourth-order valence-electron chi connectivity index (χ4n) is 3.14. The lowest BCUT2D eigenvalue weighted by atomic mass is 10.1. The summed E-state index contributed by atoms with van der Waals surface area (Å²) < 4.78 is 0. The van der Waals surface area contributed by atoms with Crippen molar-refractivity contribution in [3.05, 3.63) is 36.7 Å². The lowest BCUT2D eigenvalue weighted by Gasteiger charge is -2.36. The van der Waals surface area contributed by atoms with Gasteiger partial charge in [0.05, 0.1) is 12.3 Å². The van der Waals surface area contributed by atoms with Crippen molar-refractivity contribution in [2.75, 3.05) is 31.1 Å². The van der Waals surface area contributed by atoms with E-state index in [-0.39, 0.29) is 0 Å². The summed E-state index contributed by atoms with van der Waals surface area (Å²) in [5, 5.41) is 27.5. The largest absolute Gasteiger partial charge is 0.391 e. The number of urea groups is 1. The first-order valence-corrected chi connectivity index (χ1v) is 9.01. The molecule has 2 atom stereocenters. The van der Waals surface area contributed by atoms with Gasteiger partial charge < -0.3 is 20.2 Å². The van der Waals surface area contributed by atoms with E-state index in [1.165, 1.54) is 12.4 Å². The number of nitrogens with one attached hydrogen (secondary N) is 3. The van der Waals surface area contributed by atoms with E-state index in [1.54, 1.807) is 11.1 Å². The Morgan fingerprint density at radius 2 is 1.82 bits per heavy atom. The summed E-state index contributed by atoms with van der Waals surface area (Å²) in [7, 11) is 0. The Morgan fingerprint density at radius 1 is 1.14 bits per heavy atom. The highest BCUT2D eigenvalue weighted by molar-refractivity contribution is 5.87. The van der Waals surface area contributed by atoms with Gasteiger partial charge in [-0.1, -0.05) is 12.1 Å². The first-order chi connectivity index (χ1) is 13.5. The highest BCUT2D eigenvalue weighted by Crippen LogP contribution is 2.23. The molecule has 10 nitrogen and oxygen atoms in total. The number of aromatic amines is 1. The van der Waals surface area contributed by atoms with Gasteiger partial charge in [0, 0.05) is 43.6 Å². The van der Waals surface area contributed by atoms with Crippen LogP contribution in [0.25, 0.3) is 11.1 Å². The zero-order valence-corrected chi connectivity index (χ0v) is 15.5. The summed E-state index contributed by atoms with van der Waals surface area (Å²) in [5.74, 6) is -0.861. The summed E-state index contributed by atoms with van der Waals surface area (Å²) in [6.07, 6.45) is 2.47. The molecule has 0 unspecified atom stereocenters. The van der Waals surface area contributed by atoms with Crippen LogP contribution in [0.4, 0.5) is 10.5 Å². The maximum Gasteiger partial charge on any atom is 0.318 e. The second kappa shape index (κ2) is 8.72. The van der Waals surface area contributed by atoms with E-state index < -0.39 is 24.1 Å². The number of aliphatic hydroxyl groups excluding tert-OH is 1. The summed E-state index contributed by atoms with van der Waals surface area (Å²) in [5.41, 5.74) is 4.61. The number of hydrogen-bond donors (Lipinski definition) is 5. The van der Waals surface area contributed by atoms with Crippen molar-refractivity contribution < 1.29 is 19.9 Å². The Bertz CT molecular complexity index is 785. The maximum absolute atomic E-state index is 12.4. The van der Waals surface area contributed by atoms with Gasteiger partial charge in [0.2, 0.25) is 0 Å². The molecule has 0 spiro atoms. The van der Waals surface area contributed by atoms with Crippen LogP contribution in [0.5, 0.6) is 0 Å². The maximum atomic E-state index is 12.4. The van der Waals surface area contributed by atoms with Crippen molar-refractivity contribution in [2.24, 2.45) is 0 Å². The van der Waals surface area contributed by atoms with Crippen molar-refractivity contribution in [3.63, 3.8) is 0 Å². The van der Waals surface area contributed by atoms with Crippen molar-refractivity contribution in [3.8, 4) is 11.1 Å². The SMILES string of the molecule is C[C@@H](O)[C@H](NC(=O)N1CCN(c2ccc(-c3cn[nH]c3)cc2)CC1)C(=O)NO.